The number of phenols is 1. The van der Waals surface area contributed by atoms with E-state index in [-0.39, 0.29) is 5.75 Å². The van der Waals surface area contributed by atoms with Gasteiger partial charge in [-0.05, 0) is 24.3 Å². The highest BCUT2D eigenvalue weighted by atomic mass is 32.2. The fourth-order valence-electron chi connectivity index (χ4n) is 2.71. The molecule has 1 aromatic carbocycles. The molecule has 1 amide bonds. The second-order valence-corrected chi connectivity index (χ2v) is 6.50. The van der Waals surface area contributed by atoms with Crippen LogP contribution in [0.1, 0.15) is 10.4 Å². The molecule has 8 heteroatoms. The molecule has 0 saturated carbocycles. The Morgan fingerprint density at radius 3 is 3.16 bits per heavy atom. The lowest BCUT2D eigenvalue weighted by Gasteiger charge is -2.18. The van der Waals surface area contributed by atoms with E-state index in [1.54, 1.807) is 29.4 Å². The van der Waals surface area contributed by atoms with Gasteiger partial charge in [0, 0.05) is 36.1 Å². The molecule has 0 aliphatic carbocycles. The van der Waals surface area contributed by atoms with Crippen molar-refractivity contribution in [1.29, 1.82) is 0 Å². The number of hydrogen-bond donors (Lipinski definition) is 2. The standard InChI is InChI=1S/C17H13FN4O2S/c18-10-3-4-14(23)13(8-10)22-6-7-25-17(22)21-16(24)12-9-20-15-11(12)2-1-5-19-15/h1-5,8-9,23H,6-7H2,(H,19,20). The lowest BCUT2D eigenvalue weighted by molar-refractivity contribution is 0.100. The van der Waals surface area contributed by atoms with Crippen molar-refractivity contribution < 1.29 is 14.3 Å². The monoisotopic (exact) mass is 356 g/mol. The third-order valence-electron chi connectivity index (χ3n) is 3.88. The first-order chi connectivity index (χ1) is 12.1. The zero-order valence-electron chi connectivity index (χ0n) is 12.9. The first kappa shape index (κ1) is 15.6. The van der Waals surface area contributed by atoms with Crippen LogP contribution in [0, 0.1) is 5.82 Å². The van der Waals surface area contributed by atoms with Gasteiger partial charge in [-0.2, -0.15) is 4.99 Å². The maximum absolute atomic E-state index is 13.5. The number of anilines is 1. The van der Waals surface area contributed by atoms with E-state index in [1.165, 1.54) is 30.0 Å². The number of fused-ring (bicyclic) bond motifs is 1. The van der Waals surface area contributed by atoms with Crippen LogP contribution in [-0.2, 0) is 0 Å². The number of thioether (sulfide) groups is 1. The molecule has 1 saturated heterocycles. The van der Waals surface area contributed by atoms with E-state index >= 15 is 0 Å². The van der Waals surface area contributed by atoms with E-state index < -0.39 is 11.7 Å². The molecule has 2 aromatic heterocycles. The summed E-state index contributed by atoms with van der Waals surface area (Å²) in [6.07, 6.45) is 3.22. The van der Waals surface area contributed by atoms with E-state index in [4.69, 9.17) is 0 Å². The molecule has 3 aromatic rings. The minimum atomic E-state index is -0.460. The van der Waals surface area contributed by atoms with Gasteiger partial charge in [-0.25, -0.2) is 9.37 Å². The Labute approximate surface area is 146 Å². The summed E-state index contributed by atoms with van der Waals surface area (Å²) in [6, 6.07) is 7.25. The highest BCUT2D eigenvalue weighted by Gasteiger charge is 2.25. The topological polar surface area (TPSA) is 81.6 Å². The molecule has 126 valence electrons. The summed E-state index contributed by atoms with van der Waals surface area (Å²) in [5, 5.41) is 11.1. The molecule has 0 spiro atoms. The first-order valence-electron chi connectivity index (χ1n) is 7.57. The van der Waals surface area contributed by atoms with E-state index in [9.17, 15) is 14.3 Å². The number of aromatic nitrogens is 2. The number of rotatable bonds is 2. The third kappa shape index (κ3) is 2.85. The molecule has 0 bridgehead atoms. The maximum Gasteiger partial charge on any atom is 0.281 e. The van der Waals surface area contributed by atoms with Gasteiger partial charge in [0.1, 0.15) is 17.2 Å². The van der Waals surface area contributed by atoms with Gasteiger partial charge in [-0.15, -0.1) is 0 Å². The van der Waals surface area contributed by atoms with Crippen LogP contribution >= 0.6 is 11.8 Å². The minimum absolute atomic E-state index is 0.0552. The summed E-state index contributed by atoms with van der Waals surface area (Å²) >= 11 is 1.39. The van der Waals surface area contributed by atoms with Gasteiger partial charge in [0.25, 0.3) is 5.91 Å². The van der Waals surface area contributed by atoms with Gasteiger partial charge in [0.15, 0.2) is 5.17 Å². The number of hydrogen-bond acceptors (Lipinski definition) is 4. The SMILES string of the molecule is O=C(N=C1SCCN1c1cc(F)ccc1O)c1c[nH]c2ncccc12. The molecule has 3 heterocycles. The van der Waals surface area contributed by atoms with E-state index in [1.807, 2.05) is 0 Å². The Morgan fingerprint density at radius 1 is 1.40 bits per heavy atom. The van der Waals surface area contributed by atoms with Crippen molar-refractivity contribution in [1.82, 2.24) is 9.97 Å². The van der Waals surface area contributed by atoms with Gasteiger partial charge in [-0.1, -0.05) is 11.8 Å². The lowest BCUT2D eigenvalue weighted by atomic mass is 10.2. The van der Waals surface area contributed by atoms with Crippen LogP contribution < -0.4 is 4.90 Å². The third-order valence-corrected chi connectivity index (χ3v) is 4.84. The van der Waals surface area contributed by atoms with Crippen LogP contribution in [0.4, 0.5) is 10.1 Å². The van der Waals surface area contributed by atoms with Crippen LogP contribution in [0.2, 0.25) is 0 Å². The second kappa shape index (κ2) is 6.21. The van der Waals surface area contributed by atoms with Crippen molar-refractivity contribution in [3.8, 4) is 5.75 Å². The zero-order valence-corrected chi connectivity index (χ0v) is 13.8. The highest BCUT2D eigenvalue weighted by molar-refractivity contribution is 8.14. The molecule has 25 heavy (non-hydrogen) atoms. The minimum Gasteiger partial charge on any atom is -0.506 e. The Hall–Kier alpha value is -2.87. The maximum atomic E-state index is 13.5. The fourth-order valence-corrected chi connectivity index (χ4v) is 3.66. The van der Waals surface area contributed by atoms with Crippen LogP contribution in [-0.4, -0.2) is 38.4 Å². The van der Waals surface area contributed by atoms with Crippen LogP contribution in [0.15, 0.2) is 47.7 Å². The number of H-pyrrole nitrogens is 1. The molecule has 0 radical (unpaired) electrons. The summed E-state index contributed by atoms with van der Waals surface area (Å²) in [7, 11) is 0. The van der Waals surface area contributed by atoms with Gasteiger partial charge in [0.2, 0.25) is 0 Å². The summed E-state index contributed by atoms with van der Waals surface area (Å²) in [5.74, 6) is -0.236. The number of halogens is 1. The average Bonchev–Trinajstić information content (AvgIpc) is 3.23. The van der Waals surface area contributed by atoms with Gasteiger partial charge < -0.3 is 15.0 Å². The largest absolute Gasteiger partial charge is 0.506 e. The lowest BCUT2D eigenvalue weighted by Crippen LogP contribution is -2.24. The molecule has 2 N–H and O–H groups in total. The normalized spacial score (nSPS) is 16.0. The van der Waals surface area contributed by atoms with Crippen LogP contribution in [0.3, 0.4) is 0 Å². The number of amides is 1. The smallest absolute Gasteiger partial charge is 0.281 e. The zero-order chi connectivity index (χ0) is 17.4. The molecule has 4 rings (SSSR count). The molecule has 6 nitrogen and oxygen atoms in total. The van der Waals surface area contributed by atoms with Crippen molar-refractivity contribution in [3.05, 3.63) is 54.1 Å². The predicted molar refractivity (Wildman–Crippen MR) is 95.7 cm³/mol. The number of benzene rings is 1. The Morgan fingerprint density at radius 2 is 2.28 bits per heavy atom. The summed E-state index contributed by atoms with van der Waals surface area (Å²) in [5.41, 5.74) is 1.34. The van der Waals surface area contributed by atoms with Crippen molar-refractivity contribution >= 4 is 39.6 Å². The van der Waals surface area contributed by atoms with Crippen molar-refractivity contribution in [2.24, 2.45) is 4.99 Å². The van der Waals surface area contributed by atoms with Gasteiger partial charge in [-0.3, -0.25) is 4.79 Å². The fraction of sp³-hybridized carbons (Fsp3) is 0.118. The molecule has 1 aliphatic heterocycles. The van der Waals surface area contributed by atoms with Gasteiger partial charge >= 0.3 is 0 Å². The van der Waals surface area contributed by atoms with E-state index in [0.717, 1.165) is 0 Å². The van der Waals surface area contributed by atoms with Crippen molar-refractivity contribution in [2.45, 2.75) is 0 Å². The Kier molecular flexibility index (Phi) is 3.89. The number of amidine groups is 1. The first-order valence-corrected chi connectivity index (χ1v) is 8.56. The number of aromatic amines is 1. The molecule has 1 aliphatic rings. The van der Waals surface area contributed by atoms with Crippen LogP contribution in [0.5, 0.6) is 5.75 Å². The second-order valence-electron chi connectivity index (χ2n) is 5.43. The van der Waals surface area contributed by atoms with Gasteiger partial charge in [0.05, 0.1) is 11.3 Å². The summed E-state index contributed by atoms with van der Waals surface area (Å²) in [6.45, 7) is 0.531. The number of carbonyl (C=O) groups is 1. The molecular weight excluding hydrogens is 343 g/mol. The molecule has 0 atom stereocenters. The Balaban J connectivity index is 1.70. The number of aromatic hydroxyl groups is 1. The number of carbonyl (C=O) groups excluding carboxylic acids is 1. The average molecular weight is 356 g/mol. The van der Waals surface area contributed by atoms with E-state index in [0.29, 0.717) is 39.7 Å². The highest BCUT2D eigenvalue weighted by Crippen LogP contribution is 2.33. The summed E-state index contributed by atoms with van der Waals surface area (Å²) in [4.78, 5) is 25.5. The quantitative estimate of drug-likeness (QED) is 0.737. The molecule has 0 unspecified atom stereocenters. The molecular formula is C17H13FN4O2S. The number of phenolic OH excluding ortho intramolecular Hbond substituents is 1. The molecule has 1 fully saturated rings. The van der Waals surface area contributed by atoms with Crippen molar-refractivity contribution in [2.75, 3.05) is 17.2 Å². The number of pyridine rings is 1. The summed E-state index contributed by atoms with van der Waals surface area (Å²) < 4.78 is 13.5. The van der Waals surface area contributed by atoms with Crippen LogP contribution in [0.25, 0.3) is 11.0 Å². The van der Waals surface area contributed by atoms with Crippen molar-refractivity contribution in [3.63, 3.8) is 0 Å². The number of aliphatic imine (C=N–C) groups is 1. The van der Waals surface area contributed by atoms with E-state index in [2.05, 4.69) is 15.0 Å². The predicted octanol–water partition coefficient (Wildman–Crippen LogP) is 3.16. The number of nitrogens with one attached hydrogen (secondary N) is 1. The number of nitrogens with zero attached hydrogens (tertiary/aromatic N) is 3. The Bertz CT molecular complexity index is 1000.